The molecule has 0 aliphatic heterocycles. The molecule has 0 radical (unpaired) electrons. The monoisotopic (exact) mass is 315 g/mol. The summed E-state index contributed by atoms with van der Waals surface area (Å²) >= 11 is 2.21. The number of amides is 1. The second kappa shape index (κ2) is 5.30. The van der Waals surface area contributed by atoms with Gasteiger partial charge in [-0.1, -0.05) is 18.2 Å². The van der Waals surface area contributed by atoms with Gasteiger partial charge in [-0.2, -0.15) is 0 Å². The molecule has 1 rings (SSSR count). The van der Waals surface area contributed by atoms with Gasteiger partial charge in [-0.3, -0.25) is 4.79 Å². The Kier molecular flexibility index (Phi) is 4.32. The van der Waals surface area contributed by atoms with Crippen LogP contribution in [-0.2, 0) is 0 Å². The zero-order valence-corrected chi connectivity index (χ0v) is 11.1. The van der Waals surface area contributed by atoms with Crippen LogP contribution in [0, 0.1) is 10.5 Å². The van der Waals surface area contributed by atoms with Gasteiger partial charge >= 0.3 is 0 Å². The van der Waals surface area contributed by atoms with E-state index < -0.39 is 0 Å². The third-order valence-corrected chi connectivity index (χ3v) is 3.60. The highest BCUT2D eigenvalue weighted by atomic mass is 127. The van der Waals surface area contributed by atoms with Crippen molar-refractivity contribution in [3.8, 4) is 0 Å². The van der Waals surface area contributed by atoms with E-state index >= 15 is 0 Å². The molecular formula is C12H14INO. The summed E-state index contributed by atoms with van der Waals surface area (Å²) in [6, 6.07) is 5.77. The molecule has 0 unspecified atom stereocenters. The molecule has 0 aromatic heterocycles. The van der Waals surface area contributed by atoms with Crippen molar-refractivity contribution in [3.63, 3.8) is 0 Å². The Hall–Kier alpha value is -0.840. The lowest BCUT2D eigenvalue weighted by molar-refractivity contribution is 0.0809. The molecule has 0 fully saturated rings. The van der Waals surface area contributed by atoms with Gasteiger partial charge in [0.1, 0.15) is 0 Å². The maximum Gasteiger partial charge on any atom is 0.254 e. The SMILES string of the molecule is C=CCN(C)C(=O)c1cccc(C)c1I. The first-order valence-electron chi connectivity index (χ1n) is 4.69. The van der Waals surface area contributed by atoms with Crippen LogP contribution in [0.25, 0.3) is 0 Å². The topological polar surface area (TPSA) is 20.3 Å². The minimum absolute atomic E-state index is 0.0444. The number of likely N-dealkylation sites (N-methyl/N-ethyl adjacent to an activating group) is 1. The van der Waals surface area contributed by atoms with Gasteiger partial charge in [0.05, 0.1) is 5.56 Å². The van der Waals surface area contributed by atoms with Crippen LogP contribution in [0.5, 0.6) is 0 Å². The first-order chi connectivity index (χ1) is 7.07. The number of aryl methyl sites for hydroxylation is 1. The van der Waals surface area contributed by atoms with Crippen LogP contribution in [0.3, 0.4) is 0 Å². The Balaban J connectivity index is 3.01. The predicted molar refractivity (Wildman–Crippen MR) is 71.1 cm³/mol. The van der Waals surface area contributed by atoms with E-state index in [1.54, 1.807) is 18.0 Å². The van der Waals surface area contributed by atoms with Crippen LogP contribution in [0.2, 0.25) is 0 Å². The van der Waals surface area contributed by atoms with E-state index in [0.29, 0.717) is 6.54 Å². The number of hydrogen-bond donors (Lipinski definition) is 0. The zero-order chi connectivity index (χ0) is 11.4. The van der Waals surface area contributed by atoms with Crippen molar-refractivity contribution >= 4 is 28.5 Å². The van der Waals surface area contributed by atoms with Gasteiger partial charge in [0, 0.05) is 17.2 Å². The van der Waals surface area contributed by atoms with Crippen LogP contribution in [-0.4, -0.2) is 24.4 Å². The van der Waals surface area contributed by atoms with E-state index in [2.05, 4.69) is 29.2 Å². The average molecular weight is 315 g/mol. The van der Waals surface area contributed by atoms with Gasteiger partial charge < -0.3 is 4.90 Å². The van der Waals surface area contributed by atoms with Crippen molar-refractivity contribution in [1.29, 1.82) is 0 Å². The fourth-order valence-electron chi connectivity index (χ4n) is 1.29. The van der Waals surface area contributed by atoms with Gasteiger partial charge in [-0.05, 0) is 41.1 Å². The molecule has 0 spiro atoms. The lowest BCUT2D eigenvalue weighted by atomic mass is 10.1. The van der Waals surface area contributed by atoms with E-state index in [1.807, 2.05) is 25.1 Å². The summed E-state index contributed by atoms with van der Waals surface area (Å²) in [5.41, 5.74) is 1.90. The van der Waals surface area contributed by atoms with Crippen molar-refractivity contribution in [1.82, 2.24) is 4.90 Å². The van der Waals surface area contributed by atoms with Crippen molar-refractivity contribution in [3.05, 3.63) is 45.6 Å². The maximum absolute atomic E-state index is 12.0. The van der Waals surface area contributed by atoms with Crippen LogP contribution < -0.4 is 0 Å². The molecule has 0 heterocycles. The summed E-state index contributed by atoms with van der Waals surface area (Å²) in [6.07, 6.45) is 1.72. The average Bonchev–Trinajstić information content (AvgIpc) is 2.21. The van der Waals surface area contributed by atoms with E-state index in [1.165, 1.54) is 0 Å². The Bertz CT molecular complexity index is 387. The molecule has 0 atom stereocenters. The highest BCUT2D eigenvalue weighted by Gasteiger charge is 2.14. The van der Waals surface area contributed by atoms with Crippen LogP contribution in [0.4, 0.5) is 0 Å². The minimum atomic E-state index is 0.0444. The van der Waals surface area contributed by atoms with Gasteiger partial charge in [0.15, 0.2) is 0 Å². The fourth-order valence-corrected chi connectivity index (χ4v) is 1.89. The lowest BCUT2D eigenvalue weighted by Gasteiger charge is -2.16. The van der Waals surface area contributed by atoms with Gasteiger partial charge in [0.25, 0.3) is 5.91 Å². The second-order valence-corrected chi connectivity index (χ2v) is 4.49. The van der Waals surface area contributed by atoms with Gasteiger partial charge in [-0.15, -0.1) is 6.58 Å². The Morgan fingerprint density at radius 3 is 2.87 bits per heavy atom. The molecule has 0 saturated heterocycles. The molecule has 1 amide bonds. The molecule has 0 N–H and O–H groups in total. The summed E-state index contributed by atoms with van der Waals surface area (Å²) in [4.78, 5) is 13.6. The fraction of sp³-hybridized carbons (Fsp3) is 0.250. The molecule has 3 heteroatoms. The normalized spacial score (nSPS) is 9.80. The number of hydrogen-bond acceptors (Lipinski definition) is 1. The number of rotatable bonds is 3. The summed E-state index contributed by atoms with van der Waals surface area (Å²) in [5.74, 6) is 0.0444. The third-order valence-electron chi connectivity index (χ3n) is 2.17. The van der Waals surface area contributed by atoms with Crippen molar-refractivity contribution in [2.45, 2.75) is 6.92 Å². The first kappa shape index (κ1) is 12.2. The number of carbonyl (C=O) groups excluding carboxylic acids is 1. The molecular weight excluding hydrogens is 301 g/mol. The molecule has 0 saturated carbocycles. The summed E-state index contributed by atoms with van der Waals surface area (Å²) < 4.78 is 1.02. The molecule has 2 nitrogen and oxygen atoms in total. The first-order valence-corrected chi connectivity index (χ1v) is 5.77. The van der Waals surface area contributed by atoms with Crippen LogP contribution >= 0.6 is 22.6 Å². The second-order valence-electron chi connectivity index (χ2n) is 3.41. The van der Waals surface area contributed by atoms with Crippen molar-refractivity contribution < 1.29 is 4.79 Å². The van der Waals surface area contributed by atoms with Gasteiger partial charge in [0.2, 0.25) is 0 Å². The quantitative estimate of drug-likeness (QED) is 0.620. The van der Waals surface area contributed by atoms with E-state index in [-0.39, 0.29) is 5.91 Å². The highest BCUT2D eigenvalue weighted by molar-refractivity contribution is 14.1. The molecule has 0 aliphatic rings. The smallest absolute Gasteiger partial charge is 0.254 e. The number of nitrogens with zero attached hydrogens (tertiary/aromatic N) is 1. The van der Waals surface area contributed by atoms with Crippen LogP contribution in [0.15, 0.2) is 30.9 Å². The van der Waals surface area contributed by atoms with E-state index in [0.717, 1.165) is 14.7 Å². The predicted octanol–water partition coefficient (Wildman–Crippen LogP) is 2.86. The Labute approximate surface area is 104 Å². The van der Waals surface area contributed by atoms with Crippen molar-refractivity contribution in [2.75, 3.05) is 13.6 Å². The largest absolute Gasteiger partial charge is 0.338 e. The zero-order valence-electron chi connectivity index (χ0n) is 8.96. The molecule has 1 aromatic rings. The molecule has 0 bridgehead atoms. The lowest BCUT2D eigenvalue weighted by Crippen LogP contribution is -2.27. The number of halogens is 1. The third kappa shape index (κ3) is 2.81. The molecule has 15 heavy (non-hydrogen) atoms. The minimum Gasteiger partial charge on any atom is -0.338 e. The molecule has 1 aromatic carbocycles. The highest BCUT2D eigenvalue weighted by Crippen LogP contribution is 2.17. The van der Waals surface area contributed by atoms with Crippen molar-refractivity contribution in [2.24, 2.45) is 0 Å². The molecule has 0 aliphatic carbocycles. The van der Waals surface area contributed by atoms with E-state index in [4.69, 9.17) is 0 Å². The number of carbonyl (C=O) groups is 1. The Morgan fingerprint density at radius 2 is 2.27 bits per heavy atom. The standard InChI is InChI=1S/C12H14INO/c1-4-8-14(3)12(15)10-7-5-6-9(2)11(10)13/h4-7H,1,8H2,2-3H3. The summed E-state index contributed by atoms with van der Waals surface area (Å²) in [5, 5.41) is 0. The molecule has 80 valence electrons. The van der Waals surface area contributed by atoms with Gasteiger partial charge in [-0.25, -0.2) is 0 Å². The maximum atomic E-state index is 12.0. The van der Waals surface area contributed by atoms with Crippen LogP contribution in [0.1, 0.15) is 15.9 Å². The Morgan fingerprint density at radius 1 is 1.60 bits per heavy atom. The van der Waals surface area contributed by atoms with E-state index in [9.17, 15) is 4.79 Å². The summed E-state index contributed by atoms with van der Waals surface area (Å²) in [6.45, 7) is 6.20. The number of benzene rings is 1. The summed E-state index contributed by atoms with van der Waals surface area (Å²) in [7, 11) is 1.78.